The molecule has 0 saturated heterocycles. The molecule has 0 heterocycles. The molecule has 0 atom stereocenters. The number of hydrogen-bond acceptors (Lipinski definition) is 1. The lowest BCUT2D eigenvalue weighted by atomic mass is 9.97. The molecule has 1 N–H and O–H groups in total. The third-order valence-electron chi connectivity index (χ3n) is 1.95. The summed E-state index contributed by atoms with van der Waals surface area (Å²) in [7, 11) is 0. The number of nitrogens with one attached hydrogen (secondary N) is 1. The van der Waals surface area contributed by atoms with E-state index in [2.05, 4.69) is 42.0 Å². The van der Waals surface area contributed by atoms with Crippen molar-refractivity contribution >= 4 is 33.4 Å². The molecule has 1 amide bonds. The van der Waals surface area contributed by atoms with Crippen LogP contribution in [0.25, 0.3) is 0 Å². The van der Waals surface area contributed by atoms with Gasteiger partial charge in [-0.25, -0.2) is 0 Å². The highest BCUT2D eigenvalue weighted by Gasteiger charge is 2.15. The maximum absolute atomic E-state index is 11.8. The van der Waals surface area contributed by atoms with Crippen molar-refractivity contribution < 1.29 is 4.79 Å². The fourth-order valence-corrected chi connectivity index (χ4v) is 1.68. The Morgan fingerprint density at radius 3 is 2.62 bits per heavy atom. The average molecular weight is 305 g/mol. The van der Waals surface area contributed by atoms with Crippen LogP contribution in [0.2, 0.25) is 5.02 Å². The Morgan fingerprint density at radius 2 is 2.06 bits per heavy atom. The van der Waals surface area contributed by atoms with Gasteiger partial charge in [0.1, 0.15) is 0 Å². The monoisotopic (exact) mass is 303 g/mol. The van der Waals surface area contributed by atoms with Gasteiger partial charge in [-0.05, 0) is 23.6 Å². The molecule has 4 heteroatoms. The van der Waals surface area contributed by atoms with Crippen LogP contribution in [0.15, 0.2) is 22.7 Å². The van der Waals surface area contributed by atoms with Crippen LogP contribution in [-0.4, -0.2) is 12.5 Å². The molecule has 88 valence electrons. The van der Waals surface area contributed by atoms with Crippen LogP contribution >= 0.6 is 27.5 Å². The van der Waals surface area contributed by atoms with E-state index in [1.54, 1.807) is 12.1 Å². The van der Waals surface area contributed by atoms with E-state index in [0.29, 0.717) is 17.1 Å². The van der Waals surface area contributed by atoms with Gasteiger partial charge in [-0.2, -0.15) is 0 Å². The molecular formula is C12H15BrClNO. The second-order valence-corrected chi connectivity index (χ2v) is 6.19. The van der Waals surface area contributed by atoms with Crippen molar-refractivity contribution in [2.75, 3.05) is 6.54 Å². The van der Waals surface area contributed by atoms with Gasteiger partial charge in [-0.1, -0.05) is 48.3 Å². The number of carbonyl (C=O) groups excluding carboxylic acids is 1. The number of benzene rings is 1. The minimum Gasteiger partial charge on any atom is -0.351 e. The normalized spacial score (nSPS) is 11.3. The van der Waals surface area contributed by atoms with Gasteiger partial charge in [0.15, 0.2) is 0 Å². The highest BCUT2D eigenvalue weighted by atomic mass is 79.9. The van der Waals surface area contributed by atoms with Crippen LogP contribution in [-0.2, 0) is 0 Å². The molecule has 0 aliphatic heterocycles. The lowest BCUT2D eigenvalue weighted by Gasteiger charge is -2.19. The van der Waals surface area contributed by atoms with Crippen LogP contribution in [0.5, 0.6) is 0 Å². The van der Waals surface area contributed by atoms with Gasteiger partial charge in [0, 0.05) is 11.0 Å². The topological polar surface area (TPSA) is 29.1 Å². The first kappa shape index (κ1) is 13.5. The summed E-state index contributed by atoms with van der Waals surface area (Å²) in [5.74, 6) is -0.138. The molecule has 0 spiro atoms. The van der Waals surface area contributed by atoms with E-state index < -0.39 is 0 Å². The van der Waals surface area contributed by atoms with E-state index in [9.17, 15) is 4.79 Å². The number of rotatable bonds is 2. The van der Waals surface area contributed by atoms with Crippen molar-refractivity contribution in [1.82, 2.24) is 5.32 Å². The Morgan fingerprint density at radius 1 is 1.44 bits per heavy atom. The summed E-state index contributed by atoms with van der Waals surface area (Å²) >= 11 is 9.28. The molecule has 16 heavy (non-hydrogen) atoms. The van der Waals surface area contributed by atoms with E-state index in [0.717, 1.165) is 4.47 Å². The Kier molecular flexibility index (Phi) is 4.39. The molecule has 0 radical (unpaired) electrons. The van der Waals surface area contributed by atoms with Crippen LogP contribution in [0.4, 0.5) is 0 Å². The van der Waals surface area contributed by atoms with Gasteiger partial charge in [0.25, 0.3) is 5.91 Å². The maximum Gasteiger partial charge on any atom is 0.252 e. The van der Waals surface area contributed by atoms with E-state index in [1.165, 1.54) is 0 Å². The van der Waals surface area contributed by atoms with E-state index in [1.807, 2.05) is 6.07 Å². The molecule has 0 aromatic heterocycles. The van der Waals surface area contributed by atoms with Crippen molar-refractivity contribution in [2.24, 2.45) is 5.41 Å². The van der Waals surface area contributed by atoms with E-state index in [-0.39, 0.29) is 11.3 Å². The Labute approximate surface area is 110 Å². The van der Waals surface area contributed by atoms with Gasteiger partial charge in [0.2, 0.25) is 0 Å². The first-order chi connectivity index (χ1) is 7.29. The molecule has 0 bridgehead atoms. The van der Waals surface area contributed by atoms with Gasteiger partial charge < -0.3 is 5.32 Å². The Bertz CT molecular complexity index is 398. The zero-order chi connectivity index (χ0) is 12.3. The number of amides is 1. The largest absolute Gasteiger partial charge is 0.351 e. The summed E-state index contributed by atoms with van der Waals surface area (Å²) in [4.78, 5) is 11.8. The minimum absolute atomic E-state index is 0.0636. The molecule has 0 aliphatic rings. The van der Waals surface area contributed by atoms with Gasteiger partial charge in [0.05, 0.1) is 10.6 Å². The summed E-state index contributed by atoms with van der Waals surface area (Å²) in [5.41, 5.74) is 0.564. The van der Waals surface area contributed by atoms with E-state index >= 15 is 0 Å². The highest BCUT2D eigenvalue weighted by Crippen LogP contribution is 2.21. The lowest BCUT2D eigenvalue weighted by molar-refractivity contribution is 0.0939. The van der Waals surface area contributed by atoms with Crippen LogP contribution in [0, 0.1) is 5.41 Å². The first-order valence-corrected chi connectivity index (χ1v) is 6.20. The zero-order valence-electron chi connectivity index (χ0n) is 9.60. The molecule has 0 aliphatic carbocycles. The van der Waals surface area contributed by atoms with Crippen molar-refractivity contribution in [1.29, 1.82) is 0 Å². The molecule has 1 aromatic rings. The standard InChI is InChI=1S/C12H15BrClNO/c1-12(2,3)7-15-11(16)9-6-8(13)4-5-10(9)14/h4-6H,7H2,1-3H3,(H,15,16). The fourth-order valence-electron chi connectivity index (χ4n) is 1.11. The summed E-state index contributed by atoms with van der Waals surface area (Å²) in [5, 5.41) is 3.33. The third kappa shape index (κ3) is 4.14. The molecular weight excluding hydrogens is 289 g/mol. The van der Waals surface area contributed by atoms with Crippen LogP contribution < -0.4 is 5.32 Å². The molecule has 0 unspecified atom stereocenters. The smallest absolute Gasteiger partial charge is 0.252 e. The SMILES string of the molecule is CC(C)(C)CNC(=O)c1cc(Br)ccc1Cl. The first-order valence-electron chi connectivity index (χ1n) is 5.03. The van der Waals surface area contributed by atoms with E-state index in [4.69, 9.17) is 11.6 Å². The second kappa shape index (κ2) is 5.19. The zero-order valence-corrected chi connectivity index (χ0v) is 11.9. The third-order valence-corrected chi connectivity index (χ3v) is 2.78. The summed E-state index contributed by atoms with van der Waals surface area (Å²) in [6.45, 7) is 6.82. The molecule has 2 nitrogen and oxygen atoms in total. The molecule has 1 aromatic carbocycles. The van der Waals surface area contributed by atoms with Gasteiger partial charge in [-0.15, -0.1) is 0 Å². The molecule has 0 fully saturated rings. The van der Waals surface area contributed by atoms with Crippen molar-refractivity contribution in [2.45, 2.75) is 20.8 Å². The van der Waals surface area contributed by atoms with Gasteiger partial charge in [-0.3, -0.25) is 4.79 Å². The van der Waals surface area contributed by atoms with Crippen molar-refractivity contribution in [3.63, 3.8) is 0 Å². The molecule has 1 rings (SSSR count). The fraction of sp³-hybridized carbons (Fsp3) is 0.417. The number of hydrogen-bond donors (Lipinski definition) is 1. The summed E-state index contributed by atoms with van der Waals surface area (Å²) in [6, 6.07) is 5.24. The average Bonchev–Trinajstić information content (AvgIpc) is 2.17. The Balaban J connectivity index is 2.77. The highest BCUT2D eigenvalue weighted by molar-refractivity contribution is 9.10. The summed E-state index contributed by atoms with van der Waals surface area (Å²) < 4.78 is 0.845. The second-order valence-electron chi connectivity index (χ2n) is 4.87. The number of halogens is 2. The van der Waals surface area contributed by atoms with Crippen molar-refractivity contribution in [3.8, 4) is 0 Å². The quantitative estimate of drug-likeness (QED) is 0.882. The van der Waals surface area contributed by atoms with Crippen molar-refractivity contribution in [3.05, 3.63) is 33.3 Å². The lowest BCUT2D eigenvalue weighted by Crippen LogP contribution is -2.32. The predicted molar refractivity (Wildman–Crippen MR) is 70.9 cm³/mol. The van der Waals surface area contributed by atoms with Crippen LogP contribution in [0.1, 0.15) is 31.1 Å². The van der Waals surface area contributed by atoms with Gasteiger partial charge >= 0.3 is 0 Å². The molecule has 0 saturated carbocycles. The predicted octanol–water partition coefficient (Wildman–Crippen LogP) is 3.88. The number of carbonyl (C=O) groups is 1. The van der Waals surface area contributed by atoms with Crippen LogP contribution in [0.3, 0.4) is 0 Å². The Hall–Kier alpha value is -0.540. The maximum atomic E-state index is 11.8. The minimum atomic E-state index is -0.138. The summed E-state index contributed by atoms with van der Waals surface area (Å²) in [6.07, 6.45) is 0.